The van der Waals surface area contributed by atoms with E-state index in [9.17, 15) is 4.79 Å². The number of amides is 1. The van der Waals surface area contributed by atoms with Gasteiger partial charge in [0.1, 0.15) is 5.60 Å². The van der Waals surface area contributed by atoms with Crippen LogP contribution >= 0.6 is 0 Å². The number of hydrogen-bond acceptors (Lipinski definition) is 3. The number of carbonyl (C=O) groups excluding carboxylic acids is 1. The van der Waals surface area contributed by atoms with Gasteiger partial charge in [0, 0.05) is 12.2 Å². The first-order chi connectivity index (χ1) is 10.7. The van der Waals surface area contributed by atoms with Crippen LogP contribution in [0.1, 0.15) is 56.9 Å². The third-order valence-corrected chi connectivity index (χ3v) is 4.52. The van der Waals surface area contributed by atoms with Crippen molar-refractivity contribution >= 4 is 11.7 Å². The van der Waals surface area contributed by atoms with E-state index >= 15 is 0 Å². The summed E-state index contributed by atoms with van der Waals surface area (Å²) in [4.78, 5) is 19.0. The summed E-state index contributed by atoms with van der Waals surface area (Å²) < 4.78 is 5.58. The minimum Gasteiger partial charge on any atom is -0.444 e. The molecule has 1 aromatic rings. The lowest BCUT2D eigenvalue weighted by molar-refractivity contribution is 0.0175. The van der Waals surface area contributed by atoms with E-state index < -0.39 is 5.60 Å². The van der Waals surface area contributed by atoms with Gasteiger partial charge in [0.25, 0.3) is 0 Å². The van der Waals surface area contributed by atoms with Gasteiger partial charge in [-0.3, -0.25) is 9.88 Å². The molecule has 3 heterocycles. The molecule has 4 heteroatoms. The number of nitrogens with zero attached hydrogens (tertiary/aromatic N) is 2. The Hall–Kier alpha value is -1.84. The van der Waals surface area contributed by atoms with E-state index in [0.29, 0.717) is 0 Å². The van der Waals surface area contributed by atoms with Crippen molar-refractivity contribution in [3.63, 3.8) is 0 Å². The molecule has 2 aliphatic heterocycles. The van der Waals surface area contributed by atoms with Crippen LogP contribution in [0.5, 0.6) is 0 Å². The molecule has 2 unspecified atom stereocenters. The lowest BCUT2D eigenvalue weighted by atomic mass is 9.95. The molecular formula is C19H26N2O2. The van der Waals surface area contributed by atoms with Crippen LogP contribution in [-0.2, 0) is 4.74 Å². The van der Waals surface area contributed by atoms with Crippen LogP contribution in [0.2, 0.25) is 0 Å². The zero-order valence-corrected chi connectivity index (χ0v) is 14.7. The third-order valence-electron chi connectivity index (χ3n) is 4.52. The van der Waals surface area contributed by atoms with Crippen LogP contribution in [0.15, 0.2) is 18.3 Å². The van der Waals surface area contributed by atoms with Crippen molar-refractivity contribution in [1.29, 1.82) is 0 Å². The highest BCUT2D eigenvalue weighted by Crippen LogP contribution is 2.39. The summed E-state index contributed by atoms with van der Waals surface area (Å²) in [6, 6.07) is 2.55. The lowest BCUT2D eigenvalue weighted by Crippen LogP contribution is -2.45. The van der Waals surface area contributed by atoms with E-state index in [1.165, 1.54) is 16.7 Å². The summed E-state index contributed by atoms with van der Waals surface area (Å²) in [5.41, 5.74) is 4.30. The Balaban J connectivity index is 1.84. The van der Waals surface area contributed by atoms with Crippen molar-refractivity contribution in [3.8, 4) is 0 Å². The molecule has 0 aliphatic carbocycles. The first-order valence-electron chi connectivity index (χ1n) is 8.40. The van der Waals surface area contributed by atoms with Gasteiger partial charge in [-0.2, -0.15) is 0 Å². The smallest absolute Gasteiger partial charge is 0.411 e. The topological polar surface area (TPSA) is 42.4 Å². The van der Waals surface area contributed by atoms with Crippen molar-refractivity contribution in [2.75, 3.05) is 0 Å². The van der Waals surface area contributed by atoms with E-state index in [-0.39, 0.29) is 18.2 Å². The Kier molecular flexibility index (Phi) is 3.95. The Labute approximate surface area is 138 Å². The molecule has 2 bridgehead atoms. The quantitative estimate of drug-likeness (QED) is 0.778. The van der Waals surface area contributed by atoms with Crippen molar-refractivity contribution in [2.24, 2.45) is 0 Å². The molecule has 2 atom stereocenters. The molecule has 1 aromatic heterocycles. The molecule has 1 amide bonds. The Morgan fingerprint density at radius 1 is 1.30 bits per heavy atom. The van der Waals surface area contributed by atoms with Gasteiger partial charge in [-0.15, -0.1) is 0 Å². The fourth-order valence-corrected chi connectivity index (χ4v) is 3.66. The maximum atomic E-state index is 12.5. The minimum atomic E-state index is -0.449. The molecule has 0 aromatic carbocycles. The normalized spacial score (nSPS) is 23.7. The summed E-state index contributed by atoms with van der Waals surface area (Å²) in [6.45, 7) is 9.91. The van der Waals surface area contributed by atoms with Crippen molar-refractivity contribution in [2.45, 2.75) is 71.6 Å². The molecule has 124 valence electrons. The lowest BCUT2D eigenvalue weighted by Gasteiger charge is -2.35. The van der Waals surface area contributed by atoms with E-state index in [1.54, 1.807) is 0 Å². The number of aryl methyl sites for hydroxylation is 2. The summed E-state index contributed by atoms with van der Waals surface area (Å²) in [5, 5.41) is 0. The molecule has 1 fully saturated rings. The van der Waals surface area contributed by atoms with Gasteiger partial charge in [0.15, 0.2) is 0 Å². The molecule has 2 aliphatic rings. The first kappa shape index (κ1) is 16.0. The van der Waals surface area contributed by atoms with Crippen LogP contribution in [-0.4, -0.2) is 33.7 Å². The minimum absolute atomic E-state index is 0.140. The summed E-state index contributed by atoms with van der Waals surface area (Å²) in [5.74, 6) is 0. The highest BCUT2D eigenvalue weighted by molar-refractivity contribution is 5.75. The van der Waals surface area contributed by atoms with Gasteiger partial charge in [-0.05, 0) is 70.6 Å². The van der Waals surface area contributed by atoms with Crippen LogP contribution in [0, 0.1) is 13.8 Å². The van der Waals surface area contributed by atoms with Crippen molar-refractivity contribution < 1.29 is 9.53 Å². The zero-order valence-electron chi connectivity index (χ0n) is 14.7. The number of pyridine rings is 1. The van der Waals surface area contributed by atoms with E-state index in [4.69, 9.17) is 4.74 Å². The number of ether oxygens (including phenoxy) is 1. The summed E-state index contributed by atoms with van der Waals surface area (Å²) >= 11 is 0. The second kappa shape index (κ2) is 5.66. The average Bonchev–Trinajstić information content (AvgIpc) is 2.68. The van der Waals surface area contributed by atoms with Crippen LogP contribution in [0.3, 0.4) is 0 Å². The third kappa shape index (κ3) is 3.26. The monoisotopic (exact) mass is 314 g/mol. The maximum absolute atomic E-state index is 12.5. The number of hydrogen-bond donors (Lipinski definition) is 0. The van der Waals surface area contributed by atoms with Crippen molar-refractivity contribution in [3.05, 3.63) is 35.2 Å². The molecule has 1 saturated heterocycles. The van der Waals surface area contributed by atoms with Gasteiger partial charge in [0.05, 0.1) is 11.7 Å². The second-order valence-corrected chi connectivity index (χ2v) is 7.76. The summed E-state index contributed by atoms with van der Waals surface area (Å²) in [6.07, 6.45) is 6.87. The van der Waals surface area contributed by atoms with Crippen LogP contribution in [0.4, 0.5) is 4.79 Å². The first-order valence-corrected chi connectivity index (χ1v) is 8.40. The van der Waals surface area contributed by atoms with Gasteiger partial charge >= 0.3 is 6.09 Å². The van der Waals surface area contributed by atoms with Gasteiger partial charge in [-0.1, -0.05) is 12.1 Å². The molecule has 0 radical (unpaired) electrons. The van der Waals surface area contributed by atoms with Gasteiger partial charge < -0.3 is 4.74 Å². The maximum Gasteiger partial charge on any atom is 0.411 e. The van der Waals surface area contributed by atoms with Gasteiger partial charge in [-0.25, -0.2) is 4.79 Å². The van der Waals surface area contributed by atoms with E-state index in [1.807, 2.05) is 31.9 Å². The SMILES string of the molecule is Cc1cnc(C2=CC3CCC(C2)N3C(=O)OC(C)(C)C)c(C)c1. The molecule has 4 nitrogen and oxygen atoms in total. The fourth-order valence-electron chi connectivity index (χ4n) is 3.66. The molecule has 0 N–H and O–H groups in total. The highest BCUT2D eigenvalue weighted by atomic mass is 16.6. The Bertz CT molecular complexity index is 658. The molecule has 3 rings (SSSR count). The average molecular weight is 314 g/mol. The Morgan fingerprint density at radius 3 is 2.65 bits per heavy atom. The summed E-state index contributed by atoms with van der Waals surface area (Å²) in [7, 11) is 0. The largest absolute Gasteiger partial charge is 0.444 e. The molecule has 0 saturated carbocycles. The van der Waals surface area contributed by atoms with Crippen molar-refractivity contribution in [1.82, 2.24) is 9.88 Å². The second-order valence-electron chi connectivity index (χ2n) is 7.76. The van der Waals surface area contributed by atoms with E-state index in [0.717, 1.165) is 25.0 Å². The number of fused-ring (bicyclic) bond motifs is 2. The standard InChI is InChI=1S/C19H26N2O2/c1-12-8-13(2)17(20-11-12)14-9-15-6-7-16(10-14)21(15)18(22)23-19(3,4)5/h8-9,11,15-16H,6-7,10H2,1-5H3. The van der Waals surface area contributed by atoms with Crippen LogP contribution < -0.4 is 0 Å². The molecule has 23 heavy (non-hydrogen) atoms. The van der Waals surface area contributed by atoms with Crippen LogP contribution in [0.25, 0.3) is 5.57 Å². The molecule has 0 spiro atoms. The number of aromatic nitrogens is 1. The highest BCUT2D eigenvalue weighted by Gasteiger charge is 2.41. The fraction of sp³-hybridized carbons (Fsp3) is 0.579. The predicted octanol–water partition coefficient (Wildman–Crippen LogP) is 4.25. The van der Waals surface area contributed by atoms with Gasteiger partial charge in [0.2, 0.25) is 0 Å². The number of rotatable bonds is 1. The van der Waals surface area contributed by atoms with E-state index in [2.05, 4.69) is 31.0 Å². The zero-order chi connectivity index (χ0) is 16.8. The Morgan fingerprint density at radius 2 is 2.04 bits per heavy atom. The number of carbonyl (C=O) groups is 1. The molecular weight excluding hydrogens is 288 g/mol. The predicted molar refractivity (Wildman–Crippen MR) is 91.2 cm³/mol.